The highest BCUT2D eigenvalue weighted by atomic mass is 127. The second-order valence-electron chi connectivity index (χ2n) is 3.88. The average molecular weight is 286 g/mol. The molecule has 0 aromatic heterocycles. The zero-order valence-electron chi connectivity index (χ0n) is 7.32. The Morgan fingerprint density at radius 3 is 2.18 bits per heavy atom. The predicted octanol–water partition coefficient (Wildman–Crippen LogP) is 2.74. The monoisotopic (exact) mass is 286 g/mol. The number of rotatable bonds is 4. The number of alkyl halides is 1. The van der Waals surface area contributed by atoms with Crippen LogP contribution in [0.5, 0.6) is 0 Å². The van der Waals surface area contributed by atoms with Crippen molar-refractivity contribution in [2.24, 2.45) is 0 Å². The van der Waals surface area contributed by atoms with Crippen LogP contribution in [0.15, 0.2) is 0 Å². The van der Waals surface area contributed by atoms with Crippen molar-refractivity contribution in [1.29, 1.82) is 0 Å². The van der Waals surface area contributed by atoms with Gasteiger partial charge in [-0.3, -0.25) is 0 Å². The Labute approximate surface area is 82.9 Å². The summed E-state index contributed by atoms with van der Waals surface area (Å²) in [5, 5.41) is 0. The van der Waals surface area contributed by atoms with Gasteiger partial charge in [-0.25, -0.2) is 0 Å². The molecule has 0 heterocycles. The molecule has 11 heavy (non-hydrogen) atoms. The fourth-order valence-corrected chi connectivity index (χ4v) is 2.98. The number of hydrogen-bond acceptors (Lipinski definition) is 2. The molecule has 1 aliphatic carbocycles. The molecule has 0 aromatic carbocycles. The predicted molar refractivity (Wildman–Crippen MR) is 56.4 cm³/mol. The lowest BCUT2D eigenvalue weighted by Gasteiger charge is -2.25. The van der Waals surface area contributed by atoms with Crippen molar-refractivity contribution < 1.29 is 9.16 Å². The quantitative estimate of drug-likeness (QED) is 0.342. The molecular weight excluding hydrogens is 271 g/mol. The summed E-state index contributed by atoms with van der Waals surface area (Å²) < 4.78 is 12.1. The zero-order chi connectivity index (χ0) is 8.54. The molecule has 0 amide bonds. The topological polar surface area (TPSA) is 18.5 Å². The molecule has 1 saturated carbocycles. The van der Waals surface area contributed by atoms with Gasteiger partial charge in [-0.15, -0.1) is 0 Å². The van der Waals surface area contributed by atoms with E-state index in [9.17, 15) is 0 Å². The first-order valence-electron chi connectivity index (χ1n) is 3.88. The molecule has 0 N–H and O–H groups in total. The summed E-state index contributed by atoms with van der Waals surface area (Å²) in [6, 6.07) is 0. The molecule has 0 radical (unpaired) electrons. The molecule has 66 valence electrons. The lowest BCUT2D eigenvalue weighted by Crippen LogP contribution is -2.34. The lowest BCUT2D eigenvalue weighted by molar-refractivity contribution is -0.0887. The highest BCUT2D eigenvalue weighted by Crippen LogP contribution is 2.43. The number of ether oxygens (including phenoxy) is 1. The fraction of sp³-hybridized carbons (Fsp3) is 1.00. The molecule has 0 unspecified atom stereocenters. The van der Waals surface area contributed by atoms with Gasteiger partial charge in [0, 0.05) is 12.8 Å². The molecule has 2 nitrogen and oxygen atoms in total. The Bertz CT molecular complexity index is 140. The Morgan fingerprint density at radius 1 is 1.36 bits per heavy atom. The first kappa shape index (κ1) is 9.95. The standard InChI is InChI=1S/C7H15IO2Si/c1-11(2,3)10-7(4-5-7)9-6-8/h4-6H2,1-3H3. The van der Waals surface area contributed by atoms with Gasteiger partial charge in [0.05, 0.1) is 0 Å². The van der Waals surface area contributed by atoms with Crippen LogP contribution in [0.25, 0.3) is 0 Å². The van der Waals surface area contributed by atoms with E-state index in [0.29, 0.717) is 0 Å². The van der Waals surface area contributed by atoms with E-state index in [4.69, 9.17) is 9.16 Å². The van der Waals surface area contributed by atoms with Crippen molar-refractivity contribution in [2.45, 2.75) is 38.3 Å². The van der Waals surface area contributed by atoms with Crippen molar-refractivity contribution in [3.05, 3.63) is 0 Å². The minimum absolute atomic E-state index is 0.161. The van der Waals surface area contributed by atoms with Crippen LogP contribution in [0.2, 0.25) is 19.6 Å². The van der Waals surface area contributed by atoms with E-state index in [2.05, 4.69) is 42.2 Å². The van der Waals surface area contributed by atoms with Crippen LogP contribution in [0, 0.1) is 0 Å². The summed E-state index contributed by atoms with van der Waals surface area (Å²) in [5.41, 5.74) is 0. The molecule has 1 aliphatic rings. The van der Waals surface area contributed by atoms with Gasteiger partial charge in [0.25, 0.3) is 0 Å². The summed E-state index contributed by atoms with van der Waals surface area (Å²) in [6.07, 6.45) is 2.17. The van der Waals surface area contributed by atoms with Gasteiger partial charge in [0.15, 0.2) is 14.1 Å². The molecule has 0 saturated heterocycles. The van der Waals surface area contributed by atoms with Gasteiger partial charge in [0.2, 0.25) is 0 Å². The van der Waals surface area contributed by atoms with Gasteiger partial charge in [0.1, 0.15) is 4.61 Å². The van der Waals surface area contributed by atoms with Gasteiger partial charge >= 0.3 is 0 Å². The Morgan fingerprint density at radius 2 is 1.91 bits per heavy atom. The Kier molecular flexibility index (Phi) is 3.00. The van der Waals surface area contributed by atoms with Crippen molar-refractivity contribution in [3.8, 4) is 0 Å². The van der Waals surface area contributed by atoms with Crippen LogP contribution in [0.3, 0.4) is 0 Å². The molecular formula is C7H15IO2Si. The number of hydrogen-bond donors (Lipinski definition) is 0. The second-order valence-corrected chi connectivity index (χ2v) is 8.93. The highest BCUT2D eigenvalue weighted by Gasteiger charge is 2.48. The minimum Gasteiger partial charge on any atom is -0.391 e. The average Bonchev–Trinajstić information content (AvgIpc) is 2.44. The summed E-state index contributed by atoms with van der Waals surface area (Å²) in [5.74, 6) is -0.161. The van der Waals surface area contributed by atoms with Crippen LogP contribution >= 0.6 is 22.6 Å². The maximum Gasteiger partial charge on any atom is 0.187 e. The van der Waals surface area contributed by atoms with Crippen LogP contribution < -0.4 is 0 Å². The molecule has 4 heteroatoms. The molecule has 0 aliphatic heterocycles. The second kappa shape index (κ2) is 3.31. The largest absolute Gasteiger partial charge is 0.391 e. The normalized spacial score (nSPS) is 21.8. The van der Waals surface area contributed by atoms with E-state index in [1.54, 1.807) is 0 Å². The first-order chi connectivity index (χ1) is 4.97. The van der Waals surface area contributed by atoms with Gasteiger partial charge in [-0.05, 0) is 19.6 Å². The van der Waals surface area contributed by atoms with Gasteiger partial charge < -0.3 is 9.16 Å². The molecule has 1 rings (SSSR count). The molecule has 0 spiro atoms. The maximum absolute atomic E-state index is 5.89. The van der Waals surface area contributed by atoms with E-state index in [-0.39, 0.29) is 5.79 Å². The smallest absolute Gasteiger partial charge is 0.187 e. The highest BCUT2D eigenvalue weighted by molar-refractivity contribution is 14.1. The van der Waals surface area contributed by atoms with Crippen LogP contribution in [-0.4, -0.2) is 18.7 Å². The van der Waals surface area contributed by atoms with E-state index in [0.717, 1.165) is 17.5 Å². The molecule has 0 bridgehead atoms. The van der Waals surface area contributed by atoms with Gasteiger partial charge in [-0.2, -0.15) is 0 Å². The SMILES string of the molecule is C[Si](C)(C)OC1(OCI)CC1. The molecule has 1 fully saturated rings. The Hall–Kier alpha value is 0.867. The van der Waals surface area contributed by atoms with Crippen LogP contribution in [-0.2, 0) is 9.16 Å². The maximum atomic E-state index is 5.89. The lowest BCUT2D eigenvalue weighted by atomic mass is 10.7. The molecule has 0 atom stereocenters. The summed E-state index contributed by atoms with van der Waals surface area (Å²) in [4.78, 5) is 0. The van der Waals surface area contributed by atoms with E-state index in [1.807, 2.05) is 0 Å². The van der Waals surface area contributed by atoms with Crippen molar-refractivity contribution in [1.82, 2.24) is 0 Å². The zero-order valence-corrected chi connectivity index (χ0v) is 10.5. The van der Waals surface area contributed by atoms with E-state index < -0.39 is 8.32 Å². The van der Waals surface area contributed by atoms with Crippen LogP contribution in [0.4, 0.5) is 0 Å². The van der Waals surface area contributed by atoms with Crippen molar-refractivity contribution in [2.75, 3.05) is 4.61 Å². The van der Waals surface area contributed by atoms with Crippen molar-refractivity contribution in [3.63, 3.8) is 0 Å². The third-order valence-electron chi connectivity index (χ3n) is 1.47. The minimum atomic E-state index is -1.40. The third-order valence-corrected chi connectivity index (χ3v) is 2.76. The summed E-state index contributed by atoms with van der Waals surface area (Å²) in [7, 11) is -1.40. The molecule has 0 aromatic rings. The van der Waals surface area contributed by atoms with E-state index in [1.165, 1.54) is 0 Å². The third kappa shape index (κ3) is 3.39. The van der Waals surface area contributed by atoms with Gasteiger partial charge in [-0.1, -0.05) is 22.6 Å². The Balaban J connectivity index is 2.35. The first-order valence-corrected chi connectivity index (χ1v) is 8.81. The number of halogens is 1. The van der Waals surface area contributed by atoms with E-state index >= 15 is 0 Å². The summed E-state index contributed by atoms with van der Waals surface area (Å²) in [6.45, 7) is 6.59. The fourth-order valence-electron chi connectivity index (χ4n) is 1.04. The van der Waals surface area contributed by atoms with Crippen molar-refractivity contribution >= 4 is 30.9 Å². The van der Waals surface area contributed by atoms with Crippen LogP contribution in [0.1, 0.15) is 12.8 Å². The summed E-state index contributed by atoms with van der Waals surface area (Å²) >= 11 is 2.22.